The summed E-state index contributed by atoms with van der Waals surface area (Å²) in [5.74, 6) is -1.10. The monoisotopic (exact) mass is 671 g/mol. The zero-order chi connectivity index (χ0) is 35.9. The van der Waals surface area contributed by atoms with Gasteiger partial charge in [0.2, 0.25) is 11.8 Å². The van der Waals surface area contributed by atoms with Crippen molar-refractivity contribution in [2.24, 2.45) is 5.41 Å². The number of amides is 3. The van der Waals surface area contributed by atoms with Crippen LogP contribution >= 0.6 is 0 Å². The lowest BCUT2D eigenvalue weighted by Gasteiger charge is -2.43. The number of carbonyl (C=O) groups is 4. The number of hydrogen-bond acceptors (Lipinski definition) is 7. The minimum absolute atomic E-state index is 0.183. The van der Waals surface area contributed by atoms with E-state index in [9.17, 15) is 14.4 Å². The molecule has 10 heteroatoms. The Kier molecular flexibility index (Phi) is 11.9. The standard InChI is InChI=1S/C39H49N3O7/c1-38(2,3)33(40-37(46)49-39(4,5)6)35(44)42-24-30-17-13-12-16-29(30)22-31(42)34(43)41(32(25-47-7)27-14-10-9-11-15-27)23-26-18-20-28(21-19-26)36(45)48-8/h9-21,31-33H,22-25H2,1-8H3,(H,40,46)/t31?,32-,33+/m0/s1. The van der Waals surface area contributed by atoms with E-state index >= 15 is 4.79 Å². The van der Waals surface area contributed by atoms with Crippen LogP contribution in [0.25, 0.3) is 0 Å². The van der Waals surface area contributed by atoms with Gasteiger partial charge in [-0.3, -0.25) is 9.59 Å². The summed E-state index contributed by atoms with van der Waals surface area (Å²) in [6.45, 7) is 11.5. The number of ether oxygens (including phenoxy) is 3. The molecule has 0 spiro atoms. The molecule has 3 amide bonds. The summed E-state index contributed by atoms with van der Waals surface area (Å²) >= 11 is 0. The third kappa shape index (κ3) is 9.47. The van der Waals surface area contributed by atoms with Crippen molar-refractivity contribution < 1.29 is 33.4 Å². The normalized spacial score (nSPS) is 15.8. The fraction of sp³-hybridized carbons (Fsp3) is 0.436. The quantitative estimate of drug-likeness (QED) is 0.260. The van der Waals surface area contributed by atoms with Crippen LogP contribution in [0.15, 0.2) is 78.9 Å². The van der Waals surface area contributed by atoms with Gasteiger partial charge < -0.3 is 29.3 Å². The number of carbonyl (C=O) groups excluding carboxylic acids is 4. The zero-order valence-electron chi connectivity index (χ0n) is 29.8. The van der Waals surface area contributed by atoms with Crippen LogP contribution in [0, 0.1) is 5.41 Å². The Morgan fingerprint density at radius 2 is 1.47 bits per heavy atom. The van der Waals surface area contributed by atoms with Crippen LogP contribution in [-0.2, 0) is 43.3 Å². The van der Waals surface area contributed by atoms with Crippen LogP contribution in [0.1, 0.15) is 80.2 Å². The minimum Gasteiger partial charge on any atom is -0.465 e. The molecular weight excluding hydrogens is 622 g/mol. The number of fused-ring (bicyclic) bond motifs is 1. The van der Waals surface area contributed by atoms with Crippen LogP contribution in [-0.4, -0.2) is 72.2 Å². The van der Waals surface area contributed by atoms with E-state index in [1.807, 2.05) is 75.4 Å². The highest BCUT2D eigenvalue weighted by molar-refractivity contribution is 5.93. The summed E-state index contributed by atoms with van der Waals surface area (Å²) in [6.07, 6.45) is -0.418. The van der Waals surface area contributed by atoms with Gasteiger partial charge in [-0.2, -0.15) is 0 Å². The van der Waals surface area contributed by atoms with Gasteiger partial charge >= 0.3 is 12.1 Å². The van der Waals surface area contributed by atoms with Gasteiger partial charge in [0.05, 0.1) is 25.3 Å². The molecule has 1 heterocycles. The minimum atomic E-state index is -0.980. The molecule has 4 rings (SSSR count). The molecule has 0 aliphatic carbocycles. The largest absolute Gasteiger partial charge is 0.465 e. The first-order chi connectivity index (χ1) is 23.1. The predicted molar refractivity (Wildman–Crippen MR) is 186 cm³/mol. The molecule has 3 aromatic carbocycles. The van der Waals surface area contributed by atoms with E-state index in [1.54, 1.807) is 61.9 Å². The molecule has 49 heavy (non-hydrogen) atoms. The molecule has 1 aliphatic rings. The molecule has 3 aromatic rings. The van der Waals surface area contributed by atoms with E-state index in [0.29, 0.717) is 5.56 Å². The molecule has 1 N–H and O–H groups in total. The fourth-order valence-corrected chi connectivity index (χ4v) is 6.01. The predicted octanol–water partition coefficient (Wildman–Crippen LogP) is 6.08. The summed E-state index contributed by atoms with van der Waals surface area (Å²) in [5.41, 5.74) is 2.49. The number of benzene rings is 3. The number of methoxy groups -OCH3 is 2. The first-order valence-electron chi connectivity index (χ1n) is 16.5. The first kappa shape index (κ1) is 37.1. The Labute approximate surface area is 289 Å². The van der Waals surface area contributed by atoms with Crippen molar-refractivity contribution in [2.45, 2.75) is 84.8 Å². The molecule has 0 bridgehead atoms. The van der Waals surface area contributed by atoms with Gasteiger partial charge in [-0.05, 0) is 60.6 Å². The van der Waals surface area contributed by atoms with Gasteiger partial charge in [-0.15, -0.1) is 0 Å². The lowest BCUT2D eigenvalue weighted by Crippen LogP contribution is -2.61. The lowest BCUT2D eigenvalue weighted by molar-refractivity contribution is -0.152. The molecule has 1 unspecified atom stereocenters. The number of esters is 1. The van der Waals surface area contributed by atoms with Crippen LogP contribution in [0.5, 0.6) is 0 Å². The van der Waals surface area contributed by atoms with Crippen molar-refractivity contribution in [3.8, 4) is 0 Å². The Balaban J connectivity index is 1.79. The van der Waals surface area contributed by atoms with Crippen molar-refractivity contribution in [2.75, 3.05) is 20.8 Å². The third-order valence-corrected chi connectivity index (χ3v) is 8.49. The molecule has 262 valence electrons. The first-order valence-corrected chi connectivity index (χ1v) is 16.5. The van der Waals surface area contributed by atoms with Crippen LogP contribution in [0.2, 0.25) is 0 Å². The van der Waals surface area contributed by atoms with Gasteiger partial charge in [0.1, 0.15) is 17.7 Å². The lowest BCUT2D eigenvalue weighted by atomic mass is 9.84. The highest BCUT2D eigenvalue weighted by Gasteiger charge is 2.44. The summed E-state index contributed by atoms with van der Waals surface area (Å²) < 4.78 is 16.1. The van der Waals surface area contributed by atoms with E-state index in [2.05, 4.69) is 5.32 Å². The van der Waals surface area contributed by atoms with Crippen molar-refractivity contribution in [1.82, 2.24) is 15.1 Å². The van der Waals surface area contributed by atoms with Crippen molar-refractivity contribution >= 4 is 23.9 Å². The molecule has 0 saturated carbocycles. The Hall–Kier alpha value is -4.70. The van der Waals surface area contributed by atoms with Gasteiger partial charge in [0.15, 0.2) is 0 Å². The topological polar surface area (TPSA) is 114 Å². The summed E-state index contributed by atoms with van der Waals surface area (Å²) in [6, 6.07) is 22.0. The SMILES string of the molecule is COC[C@@H](c1ccccc1)N(Cc1ccc(C(=O)OC)cc1)C(=O)C1Cc2ccccc2CN1C(=O)[C@@H](NC(=O)OC(C)(C)C)C(C)(C)C. The van der Waals surface area contributed by atoms with Crippen LogP contribution in [0.4, 0.5) is 4.79 Å². The van der Waals surface area contributed by atoms with Crippen LogP contribution in [0.3, 0.4) is 0 Å². The van der Waals surface area contributed by atoms with Crippen LogP contribution < -0.4 is 5.32 Å². The molecular formula is C39H49N3O7. The second-order valence-electron chi connectivity index (χ2n) is 14.4. The highest BCUT2D eigenvalue weighted by atomic mass is 16.6. The van der Waals surface area contributed by atoms with Crippen molar-refractivity contribution in [1.29, 1.82) is 0 Å². The zero-order valence-corrected chi connectivity index (χ0v) is 29.8. The fourth-order valence-electron chi connectivity index (χ4n) is 6.01. The second kappa shape index (κ2) is 15.7. The molecule has 0 radical (unpaired) electrons. The third-order valence-electron chi connectivity index (χ3n) is 8.49. The Morgan fingerprint density at radius 1 is 0.857 bits per heavy atom. The number of rotatable bonds is 10. The highest BCUT2D eigenvalue weighted by Crippen LogP contribution is 2.32. The van der Waals surface area contributed by atoms with E-state index in [-0.39, 0.29) is 37.9 Å². The number of nitrogens with zero attached hydrogens (tertiary/aromatic N) is 2. The molecule has 1 aliphatic heterocycles. The smallest absolute Gasteiger partial charge is 0.408 e. The van der Waals surface area contributed by atoms with E-state index < -0.39 is 41.2 Å². The summed E-state index contributed by atoms with van der Waals surface area (Å²) in [4.78, 5) is 58.3. The van der Waals surface area contributed by atoms with E-state index in [4.69, 9.17) is 14.2 Å². The summed E-state index contributed by atoms with van der Waals surface area (Å²) in [7, 11) is 2.92. The molecule has 0 saturated heterocycles. The average Bonchev–Trinajstić information content (AvgIpc) is 3.06. The maximum Gasteiger partial charge on any atom is 0.408 e. The average molecular weight is 672 g/mol. The Bertz CT molecular complexity index is 1610. The maximum absolute atomic E-state index is 15.1. The van der Waals surface area contributed by atoms with E-state index in [0.717, 1.165) is 22.3 Å². The maximum atomic E-state index is 15.1. The summed E-state index contributed by atoms with van der Waals surface area (Å²) in [5, 5.41) is 2.82. The van der Waals surface area contributed by atoms with E-state index in [1.165, 1.54) is 7.11 Å². The number of alkyl carbamates (subject to hydrolysis) is 1. The second-order valence-corrected chi connectivity index (χ2v) is 14.4. The van der Waals surface area contributed by atoms with Gasteiger partial charge in [-0.1, -0.05) is 87.5 Å². The van der Waals surface area contributed by atoms with Crippen molar-refractivity contribution in [3.63, 3.8) is 0 Å². The van der Waals surface area contributed by atoms with Gasteiger partial charge in [0, 0.05) is 26.6 Å². The molecule has 3 atom stereocenters. The van der Waals surface area contributed by atoms with Crippen molar-refractivity contribution in [3.05, 3.63) is 107 Å². The van der Waals surface area contributed by atoms with Gasteiger partial charge in [-0.25, -0.2) is 9.59 Å². The molecule has 0 aromatic heterocycles. The molecule has 10 nitrogen and oxygen atoms in total. The number of nitrogens with one attached hydrogen (secondary N) is 1. The van der Waals surface area contributed by atoms with Gasteiger partial charge in [0.25, 0.3) is 0 Å². The number of hydrogen-bond donors (Lipinski definition) is 1. The molecule has 0 fully saturated rings. The Morgan fingerprint density at radius 3 is 2.04 bits per heavy atom.